The molecule has 0 amide bonds. The monoisotopic (exact) mass is 488 g/mol. The van der Waals surface area contributed by atoms with Crippen molar-refractivity contribution in [2.75, 3.05) is 6.61 Å². The number of halogens is 2. The lowest BCUT2D eigenvalue weighted by Crippen LogP contribution is -2.18. The van der Waals surface area contributed by atoms with Gasteiger partial charge in [-0.05, 0) is 76.3 Å². The summed E-state index contributed by atoms with van der Waals surface area (Å²) in [7, 11) is 0. The number of esters is 1. The van der Waals surface area contributed by atoms with E-state index in [-0.39, 0.29) is 6.61 Å². The molecule has 0 N–H and O–H groups in total. The highest BCUT2D eigenvalue weighted by molar-refractivity contribution is 9.10. The number of benzene rings is 3. The van der Waals surface area contributed by atoms with Crippen molar-refractivity contribution in [2.24, 2.45) is 0 Å². The Morgan fingerprint density at radius 3 is 2.19 bits per heavy atom. The number of carbonyl (C=O) groups excluding carboxylic acids is 1. The number of carbonyl (C=O) groups is 1. The van der Waals surface area contributed by atoms with Gasteiger partial charge in [-0.2, -0.15) is 0 Å². The van der Waals surface area contributed by atoms with Gasteiger partial charge in [0, 0.05) is 4.47 Å². The number of ether oxygens (including phenoxy) is 2. The Morgan fingerprint density at radius 1 is 0.889 bits per heavy atom. The molecule has 0 radical (unpaired) electrons. The minimum Gasteiger partial charge on any atom is -0.481 e. The van der Waals surface area contributed by atoms with Crippen molar-refractivity contribution in [1.29, 1.82) is 0 Å². The molecular weight excluding hydrogens is 472 g/mol. The van der Waals surface area contributed by atoms with Crippen molar-refractivity contribution in [3.05, 3.63) is 80.7 Å². The maximum absolute atomic E-state index is 12.2. The average molecular weight is 490 g/mol. The van der Waals surface area contributed by atoms with E-state index in [1.54, 1.807) is 0 Å². The molecule has 0 bridgehead atoms. The van der Waals surface area contributed by atoms with E-state index < -0.39 is 5.97 Å². The van der Waals surface area contributed by atoms with E-state index in [0.29, 0.717) is 11.5 Å². The third-order valence-corrected chi connectivity index (χ3v) is 5.10. The summed E-state index contributed by atoms with van der Waals surface area (Å²) in [5.41, 5.74) is 3.97. The quantitative estimate of drug-likeness (QED) is 0.304. The van der Waals surface area contributed by atoms with E-state index in [1.807, 2.05) is 74.5 Å². The summed E-state index contributed by atoms with van der Waals surface area (Å²) in [6.07, 6.45) is 0. The highest BCUT2D eigenvalue weighted by Gasteiger charge is 2.13. The molecular formula is C22H18Br2O3. The van der Waals surface area contributed by atoms with E-state index in [0.717, 1.165) is 31.2 Å². The fraction of sp³-hybridized carbons (Fsp3) is 0.136. The Balaban J connectivity index is 1.66. The third kappa shape index (κ3) is 4.99. The van der Waals surface area contributed by atoms with E-state index in [1.165, 1.54) is 0 Å². The molecule has 3 rings (SSSR count). The van der Waals surface area contributed by atoms with E-state index >= 15 is 0 Å². The van der Waals surface area contributed by atoms with Crippen LogP contribution in [0, 0.1) is 13.8 Å². The molecule has 0 aromatic heterocycles. The number of aryl methyl sites for hydroxylation is 2. The highest BCUT2D eigenvalue weighted by Crippen LogP contribution is 2.31. The second-order valence-electron chi connectivity index (χ2n) is 6.14. The van der Waals surface area contributed by atoms with Gasteiger partial charge in [-0.1, -0.05) is 52.3 Å². The molecule has 0 aliphatic rings. The van der Waals surface area contributed by atoms with Crippen LogP contribution in [0.15, 0.2) is 69.6 Å². The lowest BCUT2D eigenvalue weighted by molar-refractivity contribution is -0.136. The third-order valence-electron chi connectivity index (χ3n) is 4.03. The standard InChI is InChI=1S/C22H18Br2O3/c1-14-10-18(23)11-15(2)22(14)27-21(25)13-26-20-9-8-17(12-19(20)24)16-6-4-3-5-7-16/h3-12H,13H2,1-2H3. The van der Waals surface area contributed by atoms with Crippen molar-refractivity contribution in [2.45, 2.75) is 13.8 Å². The molecule has 0 saturated heterocycles. The molecule has 0 spiro atoms. The first-order valence-electron chi connectivity index (χ1n) is 8.39. The zero-order valence-electron chi connectivity index (χ0n) is 15.0. The molecule has 3 nitrogen and oxygen atoms in total. The first kappa shape index (κ1) is 19.6. The lowest BCUT2D eigenvalue weighted by Gasteiger charge is -2.13. The fourth-order valence-corrected chi connectivity index (χ4v) is 3.95. The molecule has 138 valence electrons. The fourth-order valence-electron chi connectivity index (χ4n) is 2.77. The van der Waals surface area contributed by atoms with Crippen molar-refractivity contribution < 1.29 is 14.3 Å². The van der Waals surface area contributed by atoms with Crippen LogP contribution in [-0.2, 0) is 4.79 Å². The van der Waals surface area contributed by atoms with Gasteiger partial charge in [-0.15, -0.1) is 0 Å². The summed E-state index contributed by atoms with van der Waals surface area (Å²) in [6, 6.07) is 19.7. The van der Waals surface area contributed by atoms with Crippen LogP contribution in [0.5, 0.6) is 11.5 Å². The molecule has 0 unspecified atom stereocenters. The Bertz CT molecular complexity index is 946. The van der Waals surface area contributed by atoms with Gasteiger partial charge in [0.05, 0.1) is 4.47 Å². The molecule has 3 aromatic rings. The molecule has 0 fully saturated rings. The zero-order chi connectivity index (χ0) is 19.4. The Morgan fingerprint density at radius 2 is 1.56 bits per heavy atom. The van der Waals surface area contributed by atoms with Crippen LogP contribution in [-0.4, -0.2) is 12.6 Å². The van der Waals surface area contributed by atoms with Gasteiger partial charge in [0.25, 0.3) is 0 Å². The van der Waals surface area contributed by atoms with Crippen molar-refractivity contribution in [3.63, 3.8) is 0 Å². The summed E-state index contributed by atoms with van der Waals surface area (Å²) >= 11 is 6.95. The van der Waals surface area contributed by atoms with E-state index in [4.69, 9.17) is 9.47 Å². The molecule has 0 atom stereocenters. The second-order valence-corrected chi connectivity index (χ2v) is 7.91. The second kappa shape index (κ2) is 8.72. The maximum atomic E-state index is 12.2. The van der Waals surface area contributed by atoms with Crippen molar-refractivity contribution in [3.8, 4) is 22.6 Å². The molecule has 0 saturated carbocycles. The average Bonchev–Trinajstić information content (AvgIpc) is 2.64. The molecule has 0 aliphatic heterocycles. The molecule has 3 aromatic carbocycles. The van der Waals surface area contributed by atoms with Gasteiger partial charge in [-0.25, -0.2) is 4.79 Å². The summed E-state index contributed by atoms with van der Waals surface area (Å²) < 4.78 is 12.9. The highest BCUT2D eigenvalue weighted by atomic mass is 79.9. The van der Waals surface area contributed by atoms with Gasteiger partial charge >= 0.3 is 5.97 Å². The number of rotatable bonds is 5. The predicted molar refractivity (Wildman–Crippen MR) is 114 cm³/mol. The Labute approximate surface area is 175 Å². The van der Waals surface area contributed by atoms with Gasteiger partial charge in [0.2, 0.25) is 0 Å². The van der Waals surface area contributed by atoms with Crippen LogP contribution in [0.25, 0.3) is 11.1 Å². The topological polar surface area (TPSA) is 35.5 Å². The van der Waals surface area contributed by atoms with Gasteiger partial charge < -0.3 is 9.47 Å². The number of hydrogen-bond acceptors (Lipinski definition) is 3. The van der Waals surface area contributed by atoms with E-state index in [2.05, 4.69) is 31.9 Å². The van der Waals surface area contributed by atoms with Crippen LogP contribution in [0.4, 0.5) is 0 Å². The van der Waals surface area contributed by atoms with E-state index in [9.17, 15) is 4.79 Å². The SMILES string of the molecule is Cc1cc(Br)cc(C)c1OC(=O)COc1ccc(-c2ccccc2)cc1Br. The number of hydrogen-bond donors (Lipinski definition) is 0. The maximum Gasteiger partial charge on any atom is 0.349 e. The summed E-state index contributed by atoms with van der Waals surface area (Å²) in [5, 5.41) is 0. The van der Waals surface area contributed by atoms with Crippen LogP contribution in [0.1, 0.15) is 11.1 Å². The Hall–Kier alpha value is -2.11. The van der Waals surface area contributed by atoms with Crippen LogP contribution >= 0.6 is 31.9 Å². The molecule has 27 heavy (non-hydrogen) atoms. The Kier molecular flexibility index (Phi) is 6.34. The normalized spacial score (nSPS) is 10.5. The van der Waals surface area contributed by atoms with Gasteiger partial charge in [0.1, 0.15) is 11.5 Å². The lowest BCUT2D eigenvalue weighted by atomic mass is 10.1. The predicted octanol–water partition coefficient (Wildman–Crippen LogP) is 6.48. The van der Waals surface area contributed by atoms with Crippen LogP contribution < -0.4 is 9.47 Å². The van der Waals surface area contributed by atoms with Crippen molar-refractivity contribution in [1.82, 2.24) is 0 Å². The van der Waals surface area contributed by atoms with Crippen LogP contribution in [0.2, 0.25) is 0 Å². The largest absolute Gasteiger partial charge is 0.481 e. The molecule has 0 heterocycles. The van der Waals surface area contributed by atoms with Gasteiger partial charge in [0.15, 0.2) is 6.61 Å². The van der Waals surface area contributed by atoms with Crippen molar-refractivity contribution >= 4 is 37.8 Å². The molecule has 0 aliphatic carbocycles. The smallest absolute Gasteiger partial charge is 0.349 e. The zero-order valence-corrected chi connectivity index (χ0v) is 18.1. The summed E-state index contributed by atoms with van der Waals surface area (Å²) in [4.78, 5) is 12.2. The first-order chi connectivity index (χ1) is 12.9. The minimum atomic E-state index is -0.442. The first-order valence-corrected chi connectivity index (χ1v) is 9.98. The summed E-state index contributed by atoms with van der Waals surface area (Å²) in [6.45, 7) is 3.64. The van der Waals surface area contributed by atoms with Gasteiger partial charge in [-0.3, -0.25) is 0 Å². The van der Waals surface area contributed by atoms with Crippen LogP contribution in [0.3, 0.4) is 0 Å². The minimum absolute atomic E-state index is 0.168. The summed E-state index contributed by atoms with van der Waals surface area (Å²) in [5.74, 6) is 0.726. The molecule has 5 heteroatoms.